The molecule has 0 bridgehead atoms. The van der Waals surface area contributed by atoms with Crippen LogP contribution in [-0.2, 0) is 14.9 Å². The summed E-state index contributed by atoms with van der Waals surface area (Å²) in [7, 11) is -1.99. The van der Waals surface area contributed by atoms with Gasteiger partial charge in [-0.2, -0.15) is 10.3 Å². The zero-order valence-electron chi connectivity index (χ0n) is 10.5. The summed E-state index contributed by atoms with van der Waals surface area (Å²) in [4.78, 5) is 5.09. The zero-order valence-corrected chi connectivity index (χ0v) is 12.1. The molecule has 1 saturated heterocycles. The van der Waals surface area contributed by atoms with Gasteiger partial charge in [-0.3, -0.25) is 0 Å². The fourth-order valence-electron chi connectivity index (χ4n) is 2.02. The van der Waals surface area contributed by atoms with E-state index in [1.807, 2.05) is 6.07 Å². The molecule has 0 unspecified atom stereocenters. The van der Waals surface area contributed by atoms with Gasteiger partial charge in [0.1, 0.15) is 6.07 Å². The van der Waals surface area contributed by atoms with Crippen molar-refractivity contribution < 1.29 is 13.3 Å². The molecule has 0 amide bonds. The molecular formula is C11H15N3O3S2. The first-order valence-corrected chi connectivity index (χ1v) is 8.22. The van der Waals surface area contributed by atoms with Gasteiger partial charge in [0, 0.05) is 19.1 Å². The molecule has 0 saturated carbocycles. The lowest BCUT2D eigenvalue weighted by Gasteiger charge is -2.30. The molecule has 0 aliphatic carbocycles. The summed E-state index contributed by atoms with van der Waals surface area (Å²) in [6.07, 6.45) is 1.39. The molecule has 0 spiro atoms. The van der Waals surface area contributed by atoms with Crippen molar-refractivity contribution >= 4 is 21.4 Å². The Morgan fingerprint density at radius 1 is 1.53 bits per heavy atom. The second kappa shape index (κ2) is 5.98. The van der Waals surface area contributed by atoms with Crippen LogP contribution in [0.5, 0.6) is 0 Å². The van der Waals surface area contributed by atoms with Crippen molar-refractivity contribution in [2.45, 2.75) is 23.1 Å². The molecule has 0 radical (unpaired) electrons. The molecule has 19 heavy (non-hydrogen) atoms. The molecule has 1 aromatic heterocycles. The number of hydrogen-bond acceptors (Lipinski definition) is 6. The highest BCUT2D eigenvalue weighted by molar-refractivity contribution is 7.91. The Balaban J connectivity index is 2.05. The first kappa shape index (κ1) is 14.4. The molecule has 2 rings (SSSR count). The Bertz CT molecular complexity index is 568. The van der Waals surface area contributed by atoms with Gasteiger partial charge >= 0.3 is 0 Å². The van der Waals surface area contributed by atoms with Crippen molar-refractivity contribution in [1.82, 2.24) is 9.79 Å². The van der Waals surface area contributed by atoms with Crippen molar-refractivity contribution in [1.29, 1.82) is 5.26 Å². The highest BCUT2D eigenvalue weighted by Crippen LogP contribution is 2.23. The van der Waals surface area contributed by atoms with Crippen molar-refractivity contribution in [3.63, 3.8) is 0 Å². The standard InChI is InChI=1S/C11H15N3O3S2/c1-17-14-5-2-10(3-6-14)13-19(15,16)11-9(8-12)4-7-18-11/h4,7,10,13H,2-3,5-6H2,1H3. The summed E-state index contributed by atoms with van der Waals surface area (Å²) in [6.45, 7) is 1.39. The number of thiophene rings is 1. The van der Waals surface area contributed by atoms with Gasteiger partial charge in [0.15, 0.2) is 4.21 Å². The predicted octanol–water partition coefficient (Wildman–Crippen LogP) is 0.924. The van der Waals surface area contributed by atoms with Crippen LogP contribution in [0.3, 0.4) is 0 Å². The van der Waals surface area contributed by atoms with Crippen molar-refractivity contribution in [3.8, 4) is 6.07 Å². The molecule has 104 valence electrons. The second-order valence-electron chi connectivity index (χ2n) is 4.24. The van der Waals surface area contributed by atoms with Gasteiger partial charge in [-0.15, -0.1) is 11.3 Å². The van der Waals surface area contributed by atoms with Crippen LogP contribution in [0.2, 0.25) is 0 Å². The Kier molecular flexibility index (Phi) is 4.54. The summed E-state index contributed by atoms with van der Waals surface area (Å²) in [5.74, 6) is 0. The fourth-order valence-corrected chi connectivity index (χ4v) is 4.59. The van der Waals surface area contributed by atoms with Crippen molar-refractivity contribution in [3.05, 3.63) is 17.0 Å². The summed E-state index contributed by atoms with van der Waals surface area (Å²) < 4.78 is 27.2. The number of rotatable bonds is 4. The smallest absolute Gasteiger partial charge is 0.251 e. The number of piperidine rings is 1. The molecule has 8 heteroatoms. The molecular weight excluding hydrogens is 286 g/mol. The van der Waals surface area contributed by atoms with Gasteiger partial charge in [-0.25, -0.2) is 13.1 Å². The van der Waals surface area contributed by atoms with Crippen LogP contribution in [0.25, 0.3) is 0 Å². The van der Waals surface area contributed by atoms with Crippen molar-refractivity contribution in [2.75, 3.05) is 20.2 Å². The maximum Gasteiger partial charge on any atom is 0.251 e. The number of hydroxylamine groups is 2. The SMILES string of the molecule is CON1CCC(NS(=O)(=O)c2sccc2C#N)CC1. The molecule has 1 aliphatic rings. The highest BCUT2D eigenvalue weighted by Gasteiger charge is 2.27. The first-order chi connectivity index (χ1) is 9.06. The zero-order chi connectivity index (χ0) is 13.9. The third-order valence-electron chi connectivity index (χ3n) is 3.03. The maximum atomic E-state index is 12.2. The summed E-state index contributed by atoms with van der Waals surface area (Å²) in [6, 6.07) is 3.31. The van der Waals surface area contributed by atoms with Crippen LogP contribution in [0, 0.1) is 11.3 Å². The van der Waals surface area contributed by atoms with Crippen LogP contribution in [-0.4, -0.2) is 39.7 Å². The van der Waals surface area contributed by atoms with E-state index >= 15 is 0 Å². The minimum Gasteiger partial charge on any atom is -0.302 e. The second-order valence-corrected chi connectivity index (χ2v) is 7.07. The lowest BCUT2D eigenvalue weighted by molar-refractivity contribution is -0.143. The normalized spacial score (nSPS) is 18.3. The molecule has 2 heterocycles. The monoisotopic (exact) mass is 301 g/mol. The molecule has 1 N–H and O–H groups in total. The van der Waals surface area contributed by atoms with Gasteiger partial charge in [-0.1, -0.05) is 0 Å². The summed E-state index contributed by atoms with van der Waals surface area (Å²) in [5.41, 5.74) is 0.201. The minimum absolute atomic E-state index is 0.101. The van der Waals surface area contributed by atoms with Crippen LogP contribution < -0.4 is 4.72 Å². The molecule has 1 aromatic rings. The lowest BCUT2D eigenvalue weighted by Crippen LogP contribution is -2.44. The number of nitrogens with zero attached hydrogens (tertiary/aromatic N) is 2. The van der Waals surface area contributed by atoms with Crippen molar-refractivity contribution in [2.24, 2.45) is 0 Å². The third-order valence-corrected chi connectivity index (χ3v) is 6.03. The average molecular weight is 301 g/mol. The van der Waals surface area contributed by atoms with Gasteiger partial charge in [0.05, 0.1) is 12.7 Å². The topological polar surface area (TPSA) is 82.4 Å². The molecule has 1 fully saturated rings. The Labute approximate surface area is 116 Å². The third kappa shape index (κ3) is 3.32. The van der Waals surface area contributed by atoms with E-state index in [4.69, 9.17) is 10.1 Å². The van der Waals surface area contributed by atoms with E-state index in [0.717, 1.165) is 11.3 Å². The Hall–Kier alpha value is -0.980. The minimum atomic E-state index is -3.60. The highest BCUT2D eigenvalue weighted by atomic mass is 32.2. The Morgan fingerprint density at radius 2 is 2.21 bits per heavy atom. The van der Waals surface area contributed by atoms with E-state index in [9.17, 15) is 8.42 Å². The first-order valence-electron chi connectivity index (χ1n) is 5.86. The largest absolute Gasteiger partial charge is 0.302 e. The van der Waals surface area contributed by atoms with Crippen LogP contribution in [0.4, 0.5) is 0 Å². The van der Waals surface area contributed by atoms with E-state index < -0.39 is 10.0 Å². The van der Waals surface area contributed by atoms with Crippen LogP contribution >= 0.6 is 11.3 Å². The number of nitrogens with one attached hydrogen (secondary N) is 1. The predicted molar refractivity (Wildman–Crippen MR) is 71.0 cm³/mol. The molecule has 0 atom stereocenters. The van der Waals surface area contributed by atoms with E-state index in [0.29, 0.717) is 25.9 Å². The van der Waals surface area contributed by atoms with Gasteiger partial charge in [0.2, 0.25) is 0 Å². The van der Waals surface area contributed by atoms with Gasteiger partial charge in [-0.05, 0) is 24.3 Å². The van der Waals surface area contributed by atoms with Crippen LogP contribution in [0.1, 0.15) is 18.4 Å². The average Bonchev–Trinajstić information content (AvgIpc) is 2.88. The fraction of sp³-hybridized carbons (Fsp3) is 0.545. The summed E-state index contributed by atoms with van der Waals surface area (Å²) in [5, 5.41) is 12.3. The van der Waals surface area contributed by atoms with Gasteiger partial charge in [0.25, 0.3) is 10.0 Å². The maximum absolute atomic E-state index is 12.2. The Morgan fingerprint density at radius 3 is 2.79 bits per heavy atom. The molecule has 6 nitrogen and oxygen atoms in total. The van der Waals surface area contributed by atoms with Gasteiger partial charge < -0.3 is 4.84 Å². The van der Waals surface area contributed by atoms with E-state index in [1.165, 1.54) is 6.07 Å². The van der Waals surface area contributed by atoms with E-state index in [-0.39, 0.29) is 15.8 Å². The number of hydrogen-bond donors (Lipinski definition) is 1. The van der Waals surface area contributed by atoms with Crippen LogP contribution in [0.15, 0.2) is 15.7 Å². The lowest BCUT2D eigenvalue weighted by atomic mass is 10.1. The van der Waals surface area contributed by atoms with E-state index in [2.05, 4.69) is 4.72 Å². The van der Waals surface area contributed by atoms with E-state index in [1.54, 1.807) is 17.6 Å². The quantitative estimate of drug-likeness (QED) is 0.894. The number of sulfonamides is 1. The summed E-state index contributed by atoms with van der Waals surface area (Å²) >= 11 is 1.07. The number of nitriles is 1. The molecule has 1 aliphatic heterocycles. The molecule has 0 aromatic carbocycles.